The number of piperidine rings is 1. The first-order valence-electron chi connectivity index (χ1n) is 9.23. The van der Waals surface area contributed by atoms with Gasteiger partial charge in [-0.2, -0.15) is 22.5 Å². The summed E-state index contributed by atoms with van der Waals surface area (Å²) in [4.78, 5) is 3.54. The molecular formula is C19H18F3N3O4S. The van der Waals surface area contributed by atoms with E-state index in [1.807, 2.05) is 0 Å². The molecular weight excluding hydrogens is 423 g/mol. The van der Waals surface area contributed by atoms with Crippen molar-refractivity contribution >= 4 is 10.0 Å². The van der Waals surface area contributed by atoms with Crippen LogP contribution in [0, 0.1) is 6.92 Å². The van der Waals surface area contributed by atoms with Crippen LogP contribution < -0.4 is 0 Å². The molecule has 1 saturated heterocycles. The van der Waals surface area contributed by atoms with E-state index in [-0.39, 0.29) is 24.8 Å². The molecule has 1 fully saturated rings. The largest absolute Gasteiger partial charge is 0.458 e. The lowest BCUT2D eigenvalue weighted by Crippen LogP contribution is -2.39. The van der Waals surface area contributed by atoms with Crippen LogP contribution in [0.4, 0.5) is 13.2 Å². The van der Waals surface area contributed by atoms with Crippen molar-refractivity contribution in [3.8, 4) is 11.6 Å². The molecule has 4 rings (SSSR count). The molecule has 0 radical (unpaired) electrons. The highest BCUT2D eigenvalue weighted by atomic mass is 32.2. The number of aromatic nitrogens is 2. The van der Waals surface area contributed by atoms with E-state index in [1.165, 1.54) is 6.07 Å². The van der Waals surface area contributed by atoms with Gasteiger partial charge in [0.15, 0.2) is 5.76 Å². The average molecular weight is 441 g/mol. The zero-order valence-electron chi connectivity index (χ0n) is 15.9. The van der Waals surface area contributed by atoms with E-state index in [9.17, 15) is 21.6 Å². The smallest absolute Gasteiger partial charge is 0.417 e. The van der Waals surface area contributed by atoms with Crippen molar-refractivity contribution < 1.29 is 30.5 Å². The predicted molar refractivity (Wildman–Crippen MR) is 98.9 cm³/mol. The lowest BCUT2D eigenvalue weighted by molar-refractivity contribution is -0.139. The fraction of sp³-hybridized carbons (Fsp3) is 0.368. The van der Waals surface area contributed by atoms with Gasteiger partial charge in [-0.05, 0) is 44.0 Å². The molecule has 1 aliphatic rings. The first kappa shape index (κ1) is 20.6. The summed E-state index contributed by atoms with van der Waals surface area (Å²) in [5.74, 6) is 1.13. The zero-order chi connectivity index (χ0) is 21.5. The SMILES string of the molecule is Cc1ccc(-c2noc(C3CCCN(S(=O)(=O)c4ccccc4C(F)(F)F)C3)n2)o1. The molecule has 3 heterocycles. The van der Waals surface area contributed by atoms with E-state index >= 15 is 0 Å². The van der Waals surface area contributed by atoms with Gasteiger partial charge in [0.1, 0.15) is 5.76 Å². The number of sulfonamides is 1. The highest BCUT2D eigenvalue weighted by molar-refractivity contribution is 7.89. The Morgan fingerprint density at radius 1 is 1.17 bits per heavy atom. The summed E-state index contributed by atoms with van der Waals surface area (Å²) in [7, 11) is -4.35. The number of halogens is 3. The van der Waals surface area contributed by atoms with Crippen molar-refractivity contribution in [2.24, 2.45) is 0 Å². The number of hydrogen-bond acceptors (Lipinski definition) is 6. The maximum absolute atomic E-state index is 13.3. The Kier molecular flexibility index (Phi) is 5.18. The summed E-state index contributed by atoms with van der Waals surface area (Å²) in [5.41, 5.74) is -1.18. The van der Waals surface area contributed by atoms with Crippen LogP contribution in [-0.4, -0.2) is 36.0 Å². The Bertz CT molecular complexity index is 1150. The Morgan fingerprint density at radius 3 is 2.63 bits per heavy atom. The number of furan rings is 1. The van der Waals surface area contributed by atoms with Crippen LogP contribution in [0.3, 0.4) is 0 Å². The molecule has 0 saturated carbocycles. The highest BCUT2D eigenvalue weighted by Gasteiger charge is 2.40. The lowest BCUT2D eigenvalue weighted by atomic mass is 10.00. The van der Waals surface area contributed by atoms with E-state index in [1.54, 1.807) is 19.1 Å². The van der Waals surface area contributed by atoms with Crippen LogP contribution in [0.15, 0.2) is 50.2 Å². The van der Waals surface area contributed by atoms with Gasteiger partial charge in [-0.25, -0.2) is 8.42 Å². The third-order valence-electron chi connectivity index (χ3n) is 4.95. The molecule has 0 N–H and O–H groups in total. The lowest BCUT2D eigenvalue weighted by Gasteiger charge is -2.30. The minimum Gasteiger partial charge on any atom is -0.458 e. The monoisotopic (exact) mass is 441 g/mol. The molecule has 1 atom stereocenters. The van der Waals surface area contributed by atoms with Crippen molar-refractivity contribution in [2.45, 2.75) is 36.8 Å². The van der Waals surface area contributed by atoms with Crippen molar-refractivity contribution in [1.82, 2.24) is 14.4 Å². The summed E-state index contributed by atoms with van der Waals surface area (Å²) in [5, 5.41) is 3.87. The Labute approximate surface area is 170 Å². The second-order valence-electron chi connectivity index (χ2n) is 7.06. The molecule has 2 aromatic heterocycles. The minimum absolute atomic E-state index is 0.0483. The van der Waals surface area contributed by atoms with Crippen LogP contribution in [0.1, 0.15) is 36.0 Å². The third-order valence-corrected chi connectivity index (χ3v) is 6.87. The van der Waals surface area contributed by atoms with E-state index in [2.05, 4.69) is 10.1 Å². The topological polar surface area (TPSA) is 89.4 Å². The maximum Gasteiger partial charge on any atom is 0.417 e. The fourth-order valence-corrected chi connectivity index (χ4v) is 5.22. The molecule has 1 aliphatic heterocycles. The van der Waals surface area contributed by atoms with Crippen LogP contribution in [0.25, 0.3) is 11.6 Å². The molecule has 1 aromatic carbocycles. The number of hydrogen-bond donors (Lipinski definition) is 0. The third kappa shape index (κ3) is 3.86. The Balaban J connectivity index is 1.60. The molecule has 30 heavy (non-hydrogen) atoms. The molecule has 3 aromatic rings. The van der Waals surface area contributed by atoms with Crippen LogP contribution in [-0.2, 0) is 16.2 Å². The van der Waals surface area contributed by atoms with Crippen molar-refractivity contribution in [3.05, 3.63) is 53.6 Å². The number of aryl methyl sites for hydroxylation is 1. The number of benzene rings is 1. The number of alkyl halides is 3. The number of nitrogens with zero attached hydrogens (tertiary/aromatic N) is 3. The summed E-state index contributed by atoms with van der Waals surface area (Å²) in [6.07, 6.45) is -3.75. The molecule has 11 heteroatoms. The van der Waals surface area contributed by atoms with Gasteiger partial charge in [0.2, 0.25) is 21.7 Å². The molecule has 1 unspecified atom stereocenters. The predicted octanol–water partition coefficient (Wildman–Crippen LogP) is 4.23. The molecule has 7 nitrogen and oxygen atoms in total. The normalized spacial score (nSPS) is 18.6. The maximum atomic E-state index is 13.3. The first-order valence-corrected chi connectivity index (χ1v) is 10.7. The average Bonchev–Trinajstić information content (AvgIpc) is 3.36. The second-order valence-corrected chi connectivity index (χ2v) is 8.97. The zero-order valence-corrected chi connectivity index (χ0v) is 16.7. The standard InChI is InChI=1S/C19H18F3N3O4S/c1-12-8-9-15(28-12)17-23-18(29-24-17)13-5-4-10-25(11-13)30(26,27)16-7-3-2-6-14(16)19(20,21)22/h2-3,6-9,13H,4-5,10-11H2,1H3. The van der Waals surface area contributed by atoms with Gasteiger partial charge in [0.25, 0.3) is 0 Å². The Hall–Kier alpha value is -2.66. The van der Waals surface area contributed by atoms with E-state index in [0.29, 0.717) is 24.4 Å². The summed E-state index contributed by atoms with van der Waals surface area (Å²) in [6.45, 7) is 1.84. The first-order chi connectivity index (χ1) is 14.2. The summed E-state index contributed by atoms with van der Waals surface area (Å²) in [6, 6.07) is 7.63. The van der Waals surface area contributed by atoms with Gasteiger partial charge in [-0.1, -0.05) is 17.3 Å². The van der Waals surface area contributed by atoms with Gasteiger partial charge in [0, 0.05) is 13.1 Å². The quantitative estimate of drug-likeness (QED) is 0.602. The van der Waals surface area contributed by atoms with Gasteiger partial charge >= 0.3 is 6.18 Å². The van der Waals surface area contributed by atoms with Gasteiger partial charge in [-0.15, -0.1) is 0 Å². The van der Waals surface area contributed by atoms with Crippen molar-refractivity contribution in [3.63, 3.8) is 0 Å². The summed E-state index contributed by atoms with van der Waals surface area (Å²) < 4.78 is 77.8. The van der Waals surface area contributed by atoms with Crippen molar-refractivity contribution in [2.75, 3.05) is 13.1 Å². The molecule has 0 bridgehead atoms. The van der Waals surface area contributed by atoms with E-state index < -0.39 is 32.6 Å². The van der Waals surface area contributed by atoms with Gasteiger partial charge in [0.05, 0.1) is 16.4 Å². The van der Waals surface area contributed by atoms with Crippen LogP contribution >= 0.6 is 0 Å². The van der Waals surface area contributed by atoms with Crippen molar-refractivity contribution in [1.29, 1.82) is 0 Å². The highest BCUT2D eigenvalue weighted by Crippen LogP contribution is 2.37. The molecule has 160 valence electrons. The molecule has 0 aliphatic carbocycles. The molecule has 0 amide bonds. The summed E-state index contributed by atoms with van der Waals surface area (Å²) >= 11 is 0. The molecule has 0 spiro atoms. The van der Waals surface area contributed by atoms with Gasteiger partial charge < -0.3 is 8.94 Å². The van der Waals surface area contributed by atoms with Crippen LogP contribution in [0.5, 0.6) is 0 Å². The van der Waals surface area contributed by atoms with E-state index in [4.69, 9.17) is 8.94 Å². The van der Waals surface area contributed by atoms with E-state index in [0.717, 1.165) is 22.5 Å². The van der Waals surface area contributed by atoms with Gasteiger partial charge in [-0.3, -0.25) is 0 Å². The Morgan fingerprint density at radius 2 is 1.93 bits per heavy atom. The minimum atomic E-state index is -4.78. The second kappa shape index (κ2) is 7.55. The fourth-order valence-electron chi connectivity index (χ4n) is 3.48. The number of rotatable bonds is 4. The van der Waals surface area contributed by atoms with Crippen LogP contribution in [0.2, 0.25) is 0 Å².